The highest BCUT2D eigenvalue weighted by Crippen LogP contribution is 2.43. The lowest BCUT2D eigenvalue weighted by Crippen LogP contribution is -2.30. The lowest BCUT2D eigenvalue weighted by atomic mass is 10.0. The zero-order chi connectivity index (χ0) is 52.7. The van der Waals surface area contributed by atoms with Crippen LogP contribution in [0.15, 0.2) is 85.1 Å². The molecule has 0 aliphatic rings. The quantitative estimate of drug-likeness (QED) is 0.0197. The second-order valence-electron chi connectivity index (χ2n) is 18.7. The second kappa shape index (κ2) is 53.9. The first-order valence-corrected chi connectivity index (χ1v) is 30.0. The van der Waals surface area contributed by atoms with Gasteiger partial charge < -0.3 is 24.2 Å². The molecule has 0 fully saturated rings. The van der Waals surface area contributed by atoms with Gasteiger partial charge in [-0.25, -0.2) is 4.57 Å². The first-order chi connectivity index (χ1) is 35.2. The van der Waals surface area contributed by atoms with Crippen LogP contribution in [0.5, 0.6) is 0 Å². The molecule has 0 aromatic rings. The zero-order valence-electron chi connectivity index (χ0n) is 45.6. The van der Waals surface area contributed by atoms with Crippen molar-refractivity contribution in [3.63, 3.8) is 0 Å². The summed E-state index contributed by atoms with van der Waals surface area (Å²) in [6.07, 6.45) is 61.4. The Bertz CT molecular complexity index is 1530. The van der Waals surface area contributed by atoms with Gasteiger partial charge >= 0.3 is 25.7 Å². The largest absolute Gasteiger partial charge is 0.472 e. The molecule has 0 saturated heterocycles. The summed E-state index contributed by atoms with van der Waals surface area (Å²) in [7, 11) is -4.77. The maximum Gasteiger partial charge on any atom is 0.472 e. The van der Waals surface area contributed by atoms with Gasteiger partial charge in [0, 0.05) is 12.8 Å². The molecule has 3 atom stereocenters. The van der Waals surface area contributed by atoms with Crippen molar-refractivity contribution in [2.45, 2.75) is 251 Å². The van der Waals surface area contributed by atoms with Crippen molar-refractivity contribution in [1.82, 2.24) is 0 Å². The number of hydrogen-bond donors (Lipinski definition) is 2. The molecule has 12 heteroatoms. The smallest absolute Gasteiger partial charge is 0.462 e. The van der Waals surface area contributed by atoms with Crippen LogP contribution >= 0.6 is 7.82 Å². The molecule has 0 aliphatic carbocycles. The molecule has 0 aliphatic heterocycles. The van der Waals surface area contributed by atoms with Gasteiger partial charge in [0.15, 0.2) is 6.10 Å². The number of phosphoric ester groups is 1. The zero-order valence-corrected chi connectivity index (χ0v) is 46.5. The Balaban J connectivity index is 4.83. The van der Waals surface area contributed by atoms with E-state index in [9.17, 15) is 28.9 Å². The van der Waals surface area contributed by atoms with E-state index in [1.807, 2.05) is 18.2 Å². The van der Waals surface area contributed by atoms with Crippen molar-refractivity contribution in [2.75, 3.05) is 26.4 Å². The molecule has 0 spiro atoms. The van der Waals surface area contributed by atoms with Crippen LogP contribution < -0.4 is 0 Å². The monoisotopic (exact) mass is 1030 g/mol. The van der Waals surface area contributed by atoms with E-state index in [0.29, 0.717) is 19.3 Å². The van der Waals surface area contributed by atoms with Crippen molar-refractivity contribution >= 4 is 25.7 Å². The molecular formula is C60H103O11P. The topological polar surface area (TPSA) is 155 Å². The number of carbonyl (C=O) groups excluding carboxylic acids is 3. The average Bonchev–Trinajstić information content (AvgIpc) is 3.37. The molecule has 72 heavy (non-hydrogen) atoms. The lowest BCUT2D eigenvalue weighted by Gasteiger charge is -2.21. The van der Waals surface area contributed by atoms with Gasteiger partial charge in [-0.05, 0) is 77.0 Å². The molecule has 3 unspecified atom stereocenters. The molecule has 0 aromatic carbocycles. The standard InChI is InChI=1S/C60H103O11P/c1-4-7-10-13-16-19-22-25-28-31-34-37-40-43-46-49-58(62)67-53-57(71-60(64)51-48-45-42-39-36-33-30-27-24-21-18-15-12-9-6-3)55-69-72(65,66)68-54-56(52-61)70-59(63)50-47-44-41-38-35-32-29-26-23-20-17-14-11-8-5-2/h9,12,16,18-19,21,25,27-28,30,36,39,45,48,56-57,61H,4-8,10-11,13-15,17,20,22-24,26,29,31-35,37-38,40-44,46-47,49-55H2,1-3H3,(H,65,66)/b12-9-,19-16-,21-18-,28-25-,30-27-,39-36-,48-45-. The minimum atomic E-state index is -4.77. The van der Waals surface area contributed by atoms with E-state index in [-0.39, 0.29) is 25.9 Å². The van der Waals surface area contributed by atoms with E-state index in [0.717, 1.165) is 89.9 Å². The van der Waals surface area contributed by atoms with Gasteiger partial charge in [-0.1, -0.05) is 228 Å². The van der Waals surface area contributed by atoms with Gasteiger partial charge in [0.2, 0.25) is 0 Å². The lowest BCUT2D eigenvalue weighted by molar-refractivity contribution is -0.160. The number of aliphatic hydroxyl groups is 1. The maximum absolute atomic E-state index is 12.9. The SMILES string of the molecule is CC/C=C\C/C=C\C/C=C\C/C=C\C/C=C\CC(=O)OC(COC(=O)CCCCCCC/C=C\C/C=C\CCCCC)COP(=O)(O)OCC(CO)OC(=O)CCCCCCCCCCCCCCCCC. The first kappa shape index (κ1) is 68.7. The Morgan fingerprint density at radius 3 is 1.25 bits per heavy atom. The third kappa shape index (κ3) is 51.6. The van der Waals surface area contributed by atoms with E-state index >= 15 is 0 Å². The summed E-state index contributed by atoms with van der Waals surface area (Å²) < 4.78 is 39.3. The van der Waals surface area contributed by atoms with E-state index in [2.05, 4.69) is 81.5 Å². The van der Waals surface area contributed by atoms with E-state index in [4.69, 9.17) is 23.3 Å². The van der Waals surface area contributed by atoms with E-state index in [1.54, 1.807) is 6.08 Å². The summed E-state index contributed by atoms with van der Waals surface area (Å²) in [5.74, 6) is -1.63. The predicted octanol–water partition coefficient (Wildman–Crippen LogP) is 16.7. The number of allylic oxidation sites excluding steroid dienone is 13. The average molecular weight is 1030 g/mol. The highest BCUT2D eigenvalue weighted by molar-refractivity contribution is 7.47. The summed E-state index contributed by atoms with van der Waals surface area (Å²) in [4.78, 5) is 48.4. The molecule has 0 rings (SSSR count). The number of esters is 3. The molecule has 2 N–H and O–H groups in total. The number of hydrogen-bond acceptors (Lipinski definition) is 10. The summed E-state index contributed by atoms with van der Waals surface area (Å²) >= 11 is 0. The minimum absolute atomic E-state index is 0.0693. The van der Waals surface area contributed by atoms with Crippen molar-refractivity contribution in [1.29, 1.82) is 0 Å². The van der Waals surface area contributed by atoms with Gasteiger partial charge in [-0.2, -0.15) is 0 Å². The van der Waals surface area contributed by atoms with Crippen LogP contribution in [0.3, 0.4) is 0 Å². The molecule has 0 saturated carbocycles. The fourth-order valence-electron chi connectivity index (χ4n) is 7.52. The molecule has 11 nitrogen and oxygen atoms in total. The van der Waals surface area contributed by atoms with Crippen LogP contribution in [-0.4, -0.2) is 66.5 Å². The van der Waals surface area contributed by atoms with Gasteiger partial charge in [-0.3, -0.25) is 23.4 Å². The Kier molecular flexibility index (Phi) is 51.4. The number of phosphoric acid groups is 1. The molecule has 0 radical (unpaired) electrons. The Hall–Kier alpha value is -3.34. The number of ether oxygens (including phenoxy) is 3. The highest BCUT2D eigenvalue weighted by Gasteiger charge is 2.28. The summed E-state index contributed by atoms with van der Waals surface area (Å²) in [6.45, 7) is 4.39. The van der Waals surface area contributed by atoms with Crippen LogP contribution in [0.25, 0.3) is 0 Å². The summed E-state index contributed by atoms with van der Waals surface area (Å²) in [5.41, 5.74) is 0. The molecule has 414 valence electrons. The summed E-state index contributed by atoms with van der Waals surface area (Å²) in [5, 5.41) is 9.81. The number of rotatable bonds is 52. The normalized spacial score (nSPS) is 14.0. The number of aliphatic hydroxyl groups excluding tert-OH is 1. The second-order valence-corrected chi connectivity index (χ2v) is 20.2. The predicted molar refractivity (Wildman–Crippen MR) is 298 cm³/mol. The highest BCUT2D eigenvalue weighted by atomic mass is 31.2. The van der Waals surface area contributed by atoms with Crippen LogP contribution in [-0.2, 0) is 42.2 Å². The van der Waals surface area contributed by atoms with Crippen molar-refractivity contribution < 1.29 is 52.2 Å². The molecular weight excluding hydrogens is 928 g/mol. The van der Waals surface area contributed by atoms with Gasteiger partial charge in [0.05, 0.1) is 26.2 Å². The van der Waals surface area contributed by atoms with Crippen molar-refractivity contribution in [3.8, 4) is 0 Å². The Labute approximate surface area is 439 Å². The summed E-state index contributed by atoms with van der Waals surface area (Å²) in [6, 6.07) is 0. The van der Waals surface area contributed by atoms with Crippen molar-refractivity contribution in [3.05, 3.63) is 85.1 Å². The van der Waals surface area contributed by atoms with E-state index < -0.39 is 57.8 Å². The molecule has 0 aromatic heterocycles. The fraction of sp³-hybridized carbons (Fsp3) is 0.717. The fourth-order valence-corrected chi connectivity index (χ4v) is 8.30. The van der Waals surface area contributed by atoms with E-state index in [1.165, 1.54) is 89.9 Å². The number of unbranched alkanes of at least 4 members (excludes halogenated alkanes) is 22. The van der Waals surface area contributed by atoms with Gasteiger partial charge in [0.25, 0.3) is 0 Å². The molecule has 0 heterocycles. The third-order valence-electron chi connectivity index (χ3n) is 11.8. The van der Waals surface area contributed by atoms with Crippen molar-refractivity contribution in [2.24, 2.45) is 0 Å². The minimum Gasteiger partial charge on any atom is -0.462 e. The van der Waals surface area contributed by atoms with Gasteiger partial charge in [0.1, 0.15) is 12.7 Å². The van der Waals surface area contributed by atoms with Crippen LogP contribution in [0.4, 0.5) is 0 Å². The van der Waals surface area contributed by atoms with Gasteiger partial charge in [-0.15, -0.1) is 0 Å². The van der Waals surface area contributed by atoms with Crippen LogP contribution in [0.1, 0.15) is 239 Å². The Morgan fingerprint density at radius 2 is 0.778 bits per heavy atom. The van der Waals surface area contributed by atoms with Crippen LogP contribution in [0, 0.1) is 0 Å². The molecule has 0 amide bonds. The third-order valence-corrected chi connectivity index (χ3v) is 12.8. The Morgan fingerprint density at radius 1 is 0.417 bits per heavy atom. The molecule has 0 bridgehead atoms. The number of carbonyl (C=O) groups is 3. The first-order valence-electron chi connectivity index (χ1n) is 28.5. The maximum atomic E-state index is 12.9. The van der Waals surface area contributed by atoms with Crippen LogP contribution in [0.2, 0.25) is 0 Å².